The first-order chi connectivity index (χ1) is 18.0. The summed E-state index contributed by atoms with van der Waals surface area (Å²) in [7, 11) is -0.421. The molecule has 0 aliphatic carbocycles. The van der Waals surface area contributed by atoms with Crippen molar-refractivity contribution in [1.29, 1.82) is 0 Å². The Morgan fingerprint density at radius 1 is 1.13 bits per heavy atom. The van der Waals surface area contributed by atoms with E-state index in [2.05, 4.69) is 9.72 Å². The number of imide groups is 1. The van der Waals surface area contributed by atoms with Crippen molar-refractivity contribution >= 4 is 40.2 Å². The monoisotopic (exact) mass is 571 g/mol. The van der Waals surface area contributed by atoms with Crippen LogP contribution in [0.15, 0.2) is 53.7 Å². The summed E-state index contributed by atoms with van der Waals surface area (Å²) >= 11 is 5.99. The molecule has 2 N–H and O–H groups in total. The quantitative estimate of drug-likeness (QED) is 0.409. The molecule has 38 heavy (non-hydrogen) atoms. The molecule has 2 heterocycles. The van der Waals surface area contributed by atoms with Crippen LogP contribution in [0.1, 0.15) is 28.0 Å². The molecule has 0 fully saturated rings. The van der Waals surface area contributed by atoms with Gasteiger partial charge in [0.25, 0.3) is 11.7 Å². The molecular weight excluding hydrogens is 549 g/mol. The Bertz CT molecular complexity index is 1380. The lowest BCUT2D eigenvalue weighted by Crippen LogP contribution is -3.10. The molecule has 0 bridgehead atoms. The number of amides is 3. The molecule has 2 aromatic carbocycles. The third-order valence-electron chi connectivity index (χ3n) is 5.73. The van der Waals surface area contributed by atoms with Gasteiger partial charge in [0.1, 0.15) is 5.75 Å². The molecule has 3 aromatic rings. The van der Waals surface area contributed by atoms with E-state index in [-0.39, 0.29) is 59.0 Å². The average Bonchev–Trinajstić information content (AvgIpc) is 3.23. The average molecular weight is 572 g/mol. The van der Waals surface area contributed by atoms with E-state index >= 15 is 0 Å². The number of quaternary nitrogens is 1. The lowest BCUT2D eigenvalue weighted by molar-refractivity contribution is -0.726. The van der Waals surface area contributed by atoms with Crippen molar-refractivity contribution in [2.24, 2.45) is 0 Å². The van der Waals surface area contributed by atoms with Crippen molar-refractivity contribution < 1.29 is 41.7 Å². The first kappa shape index (κ1) is 27.8. The highest BCUT2D eigenvalue weighted by Crippen LogP contribution is 2.27. The first-order valence-electron chi connectivity index (χ1n) is 11.4. The van der Waals surface area contributed by atoms with Crippen LogP contribution in [0.5, 0.6) is 5.75 Å². The number of ether oxygens (including phenoxy) is 1. The van der Waals surface area contributed by atoms with Crippen LogP contribution in [-0.2, 0) is 23.1 Å². The van der Waals surface area contributed by atoms with Crippen LogP contribution < -0.4 is 9.64 Å². The van der Waals surface area contributed by atoms with E-state index in [4.69, 9.17) is 11.6 Å². The van der Waals surface area contributed by atoms with Crippen LogP contribution in [0.2, 0.25) is 5.02 Å². The highest BCUT2D eigenvalue weighted by Gasteiger charge is 2.45. The lowest BCUT2D eigenvalue weighted by Gasteiger charge is -2.26. The molecule has 202 valence electrons. The second kappa shape index (κ2) is 11.2. The summed E-state index contributed by atoms with van der Waals surface area (Å²) in [5.41, 5.74) is 1.06. The van der Waals surface area contributed by atoms with Gasteiger partial charge in [0.15, 0.2) is 5.69 Å². The zero-order valence-electron chi connectivity index (χ0n) is 20.0. The number of alkyl halides is 3. The summed E-state index contributed by atoms with van der Waals surface area (Å²) in [4.78, 5) is 31.9. The van der Waals surface area contributed by atoms with Crippen molar-refractivity contribution in [1.82, 2.24) is 14.5 Å². The van der Waals surface area contributed by atoms with E-state index in [1.54, 1.807) is 24.3 Å². The van der Waals surface area contributed by atoms with E-state index in [0.717, 1.165) is 17.0 Å². The van der Waals surface area contributed by atoms with E-state index < -0.39 is 34.8 Å². The fraction of sp³-hybridized carbons (Fsp3) is 0.292. The number of aliphatic hydroxyl groups is 1. The number of rotatable bonds is 9. The molecule has 0 saturated heterocycles. The Morgan fingerprint density at radius 3 is 2.50 bits per heavy atom. The van der Waals surface area contributed by atoms with E-state index in [1.165, 1.54) is 23.7 Å². The van der Waals surface area contributed by atoms with Crippen LogP contribution in [0.25, 0.3) is 0 Å². The van der Waals surface area contributed by atoms with Crippen molar-refractivity contribution in [3.63, 3.8) is 0 Å². The number of imidazole rings is 1. The van der Waals surface area contributed by atoms with Gasteiger partial charge in [-0.1, -0.05) is 35.9 Å². The van der Waals surface area contributed by atoms with Gasteiger partial charge in [-0.3, -0.25) is 9.00 Å². The molecule has 2 atom stereocenters. The Morgan fingerprint density at radius 2 is 1.84 bits per heavy atom. The van der Waals surface area contributed by atoms with Crippen molar-refractivity contribution in [2.45, 2.75) is 30.2 Å². The number of fused-ring (bicyclic) bond motifs is 1. The van der Waals surface area contributed by atoms with Crippen LogP contribution in [0.3, 0.4) is 0 Å². The van der Waals surface area contributed by atoms with Gasteiger partial charge in [0.2, 0.25) is 5.16 Å². The molecule has 4 rings (SSSR count). The van der Waals surface area contributed by atoms with Gasteiger partial charge in [-0.05, 0) is 41.8 Å². The van der Waals surface area contributed by atoms with Gasteiger partial charge >= 0.3 is 12.4 Å². The second-order valence-corrected chi connectivity index (χ2v) is 10.2. The number of aromatic nitrogens is 2. The Labute approximate surface area is 222 Å². The molecule has 1 aliphatic rings. The summed E-state index contributed by atoms with van der Waals surface area (Å²) < 4.78 is 56.9. The number of aliphatic hydroxyl groups excluding tert-OH is 1. The Kier molecular flexibility index (Phi) is 8.21. The molecule has 2 unspecified atom stereocenters. The number of urea groups is 1. The number of hydrogen-bond acceptors (Lipinski definition) is 6. The summed E-state index contributed by atoms with van der Waals surface area (Å²) in [6.45, 7) is -0.167. The predicted octanol–water partition coefficient (Wildman–Crippen LogP) is 2.90. The standard InChI is InChI=1S/C24H22ClF3N4O5S/c1-30-20-19(21(34)31(23(30)35)10-3-11-33)32(13-15-6-8-17(25)9-7-15)22(29-20)38(36)14-16-4-2-5-18(12-16)37-24(26,27)28/h2,4-9,12,33H,3,10-11,13-14H2,1H3/p+1. The molecule has 0 spiro atoms. The molecule has 3 amide bonds. The Hall–Kier alpha value is -3.26. The van der Waals surface area contributed by atoms with Gasteiger partial charge in [0, 0.05) is 18.2 Å². The van der Waals surface area contributed by atoms with E-state index in [0.29, 0.717) is 10.6 Å². The number of hydrogen-bond donors (Lipinski definition) is 2. The number of nitrogens with zero attached hydrogens (tertiary/aromatic N) is 3. The minimum Gasteiger partial charge on any atom is -0.406 e. The van der Waals surface area contributed by atoms with Crippen LogP contribution in [0, 0.1) is 0 Å². The molecular formula is C24H23ClF3N4O5S+. The van der Waals surface area contributed by atoms with Crippen molar-refractivity contribution in [3.8, 4) is 5.75 Å². The summed E-state index contributed by atoms with van der Waals surface area (Å²) in [6.07, 6.45) is -4.70. The molecule has 0 saturated carbocycles. The van der Waals surface area contributed by atoms with Crippen LogP contribution >= 0.6 is 11.6 Å². The third kappa shape index (κ3) is 6.07. The Balaban J connectivity index is 1.75. The maximum atomic E-state index is 13.5. The summed E-state index contributed by atoms with van der Waals surface area (Å²) in [5, 5.41) is 9.68. The maximum Gasteiger partial charge on any atom is 0.573 e. The van der Waals surface area contributed by atoms with Gasteiger partial charge < -0.3 is 14.4 Å². The van der Waals surface area contributed by atoms with Gasteiger partial charge in [-0.15, -0.1) is 13.2 Å². The lowest BCUT2D eigenvalue weighted by atomic mass is 10.2. The zero-order valence-corrected chi connectivity index (χ0v) is 21.6. The number of carbonyl (C=O) groups excluding carboxylic acids is 2. The topological polar surface area (TPSA) is 106 Å². The fourth-order valence-corrected chi connectivity index (χ4v) is 5.34. The smallest absolute Gasteiger partial charge is 0.406 e. The highest BCUT2D eigenvalue weighted by molar-refractivity contribution is 7.84. The van der Waals surface area contributed by atoms with Crippen LogP contribution in [0.4, 0.5) is 23.8 Å². The first-order valence-corrected chi connectivity index (χ1v) is 13.1. The van der Waals surface area contributed by atoms with E-state index in [9.17, 15) is 32.1 Å². The molecule has 14 heteroatoms. The minimum absolute atomic E-state index is 0.0124. The number of nitrogens with one attached hydrogen (secondary N) is 1. The largest absolute Gasteiger partial charge is 0.573 e. The fourth-order valence-electron chi connectivity index (χ4n) is 4.01. The highest BCUT2D eigenvalue weighted by atomic mass is 35.5. The number of halogens is 4. The summed E-state index contributed by atoms with van der Waals surface area (Å²) in [6, 6.07) is 11.3. The molecule has 1 aliphatic heterocycles. The second-order valence-electron chi connectivity index (χ2n) is 8.45. The summed E-state index contributed by atoms with van der Waals surface area (Å²) in [5.74, 6) is -1.23. The maximum absolute atomic E-state index is 13.5. The van der Waals surface area contributed by atoms with Crippen LogP contribution in [-0.4, -0.2) is 62.3 Å². The zero-order chi connectivity index (χ0) is 27.6. The van der Waals surface area contributed by atoms with Crippen molar-refractivity contribution in [2.75, 3.05) is 20.2 Å². The number of carbonyl (C=O) groups is 2. The van der Waals surface area contributed by atoms with E-state index in [1.807, 2.05) is 0 Å². The predicted molar refractivity (Wildman–Crippen MR) is 131 cm³/mol. The van der Waals surface area contributed by atoms with Gasteiger partial charge in [0.05, 0.1) is 30.1 Å². The SMILES string of the molecule is C[NH+]1C(=O)N(CCCO)C(=O)c2c1nc(S(=O)Cc1cccc(OC(F)(F)F)c1)n2Cc1ccc(Cl)cc1. The van der Waals surface area contributed by atoms with Gasteiger partial charge in [-0.25, -0.2) is 14.6 Å². The normalized spacial score (nSPS) is 16.5. The minimum atomic E-state index is -4.88. The van der Waals surface area contributed by atoms with Crippen molar-refractivity contribution in [3.05, 3.63) is 70.4 Å². The molecule has 1 aromatic heterocycles. The van der Waals surface area contributed by atoms with Gasteiger partial charge in [-0.2, -0.15) is 4.98 Å². The third-order valence-corrected chi connectivity index (χ3v) is 7.30. The molecule has 0 radical (unpaired) electrons. The molecule has 9 nitrogen and oxygen atoms in total. The number of benzene rings is 2.